The number of carbonyl (C=O) groups excluding carboxylic acids is 1. The molecule has 0 fully saturated rings. The second-order valence-electron chi connectivity index (χ2n) is 6.61. The van der Waals surface area contributed by atoms with Crippen molar-refractivity contribution in [3.05, 3.63) is 36.4 Å². The molecule has 25 heavy (non-hydrogen) atoms. The minimum absolute atomic E-state index is 0.0440. The van der Waals surface area contributed by atoms with Crippen LogP contribution in [0.4, 0.5) is 5.69 Å². The number of rotatable bonds is 7. The summed E-state index contributed by atoms with van der Waals surface area (Å²) in [5.74, 6) is -0.266. The molecule has 0 radical (unpaired) electrons. The van der Waals surface area contributed by atoms with E-state index in [1.165, 1.54) is 4.31 Å². The summed E-state index contributed by atoms with van der Waals surface area (Å²) < 4.78 is 26.9. The topological polar surface area (TPSA) is 66.5 Å². The monoisotopic (exact) mass is 360 g/mol. The van der Waals surface area contributed by atoms with E-state index in [1.54, 1.807) is 18.2 Å². The van der Waals surface area contributed by atoms with E-state index in [9.17, 15) is 13.2 Å². The number of amides is 1. The maximum atomic E-state index is 12.8. The Hall–Kier alpha value is -2.08. The lowest BCUT2D eigenvalue weighted by Crippen LogP contribution is -2.42. The van der Waals surface area contributed by atoms with Gasteiger partial charge in [-0.2, -0.15) is 0 Å². The Bertz CT molecular complexity index is 887. The van der Waals surface area contributed by atoms with Crippen molar-refractivity contribution >= 4 is 32.4 Å². The number of anilines is 1. The van der Waals surface area contributed by atoms with Gasteiger partial charge >= 0.3 is 0 Å². The zero-order chi connectivity index (χ0) is 18.0. The van der Waals surface area contributed by atoms with Crippen LogP contribution in [0.5, 0.6) is 0 Å². The molecule has 1 unspecified atom stereocenters. The molecule has 1 amide bonds. The molecule has 0 bridgehead atoms. The van der Waals surface area contributed by atoms with Crippen molar-refractivity contribution in [1.82, 2.24) is 5.32 Å². The molecular weight excluding hydrogens is 336 g/mol. The molecule has 0 aliphatic carbocycles. The molecule has 0 saturated heterocycles. The van der Waals surface area contributed by atoms with Crippen LogP contribution in [0.1, 0.15) is 39.5 Å². The molecule has 3 rings (SSSR count). The number of nitrogens with zero attached hydrogens (tertiary/aromatic N) is 1. The van der Waals surface area contributed by atoms with E-state index in [-0.39, 0.29) is 23.4 Å². The van der Waals surface area contributed by atoms with E-state index in [4.69, 9.17) is 0 Å². The van der Waals surface area contributed by atoms with Crippen molar-refractivity contribution in [2.24, 2.45) is 0 Å². The van der Waals surface area contributed by atoms with Gasteiger partial charge in [0.2, 0.25) is 5.91 Å². The van der Waals surface area contributed by atoms with Gasteiger partial charge in [-0.25, -0.2) is 8.42 Å². The van der Waals surface area contributed by atoms with Crippen LogP contribution in [-0.2, 0) is 14.8 Å². The quantitative estimate of drug-likeness (QED) is 0.769. The number of unbranched alkanes of at least 4 members (excludes halogenated alkanes) is 2. The Morgan fingerprint density at radius 3 is 2.60 bits per heavy atom. The highest BCUT2D eigenvalue weighted by molar-refractivity contribution is 7.93. The van der Waals surface area contributed by atoms with Gasteiger partial charge < -0.3 is 5.32 Å². The van der Waals surface area contributed by atoms with Crippen LogP contribution < -0.4 is 9.62 Å². The molecule has 1 atom stereocenters. The Labute approximate surface area is 149 Å². The van der Waals surface area contributed by atoms with Gasteiger partial charge in [0.1, 0.15) is 6.54 Å². The highest BCUT2D eigenvalue weighted by Gasteiger charge is 2.36. The Balaban J connectivity index is 1.78. The van der Waals surface area contributed by atoms with Crippen molar-refractivity contribution in [2.45, 2.75) is 50.5 Å². The molecular formula is C19H24N2O3S. The largest absolute Gasteiger partial charge is 0.352 e. The Kier molecular flexibility index (Phi) is 4.99. The maximum Gasteiger partial charge on any atom is 0.265 e. The molecule has 1 aliphatic rings. The van der Waals surface area contributed by atoms with Crippen LogP contribution in [0.3, 0.4) is 0 Å². The SMILES string of the molecule is CCCCCC(C)NC(=O)CN1c2cccc3cccc(c23)S1(=O)=O. The minimum Gasteiger partial charge on any atom is -0.352 e. The molecule has 0 saturated carbocycles. The van der Waals surface area contributed by atoms with Gasteiger partial charge in [0.05, 0.1) is 10.6 Å². The zero-order valence-electron chi connectivity index (χ0n) is 14.7. The third kappa shape index (κ3) is 3.35. The number of nitrogens with one attached hydrogen (secondary N) is 1. The van der Waals surface area contributed by atoms with Crippen LogP contribution in [-0.4, -0.2) is 26.9 Å². The number of hydrogen-bond acceptors (Lipinski definition) is 3. The van der Waals surface area contributed by atoms with Crippen LogP contribution in [0.15, 0.2) is 41.3 Å². The predicted molar refractivity (Wildman–Crippen MR) is 100 cm³/mol. The zero-order valence-corrected chi connectivity index (χ0v) is 15.5. The second kappa shape index (κ2) is 7.04. The molecule has 6 heteroatoms. The molecule has 5 nitrogen and oxygen atoms in total. The van der Waals surface area contributed by atoms with Gasteiger partial charge in [0, 0.05) is 11.4 Å². The molecule has 1 heterocycles. The van der Waals surface area contributed by atoms with E-state index in [0.29, 0.717) is 11.1 Å². The molecule has 2 aromatic carbocycles. The fourth-order valence-corrected chi connectivity index (χ4v) is 5.02. The van der Waals surface area contributed by atoms with E-state index >= 15 is 0 Å². The average molecular weight is 360 g/mol. The lowest BCUT2D eigenvalue weighted by Gasteiger charge is -2.20. The van der Waals surface area contributed by atoms with Crippen molar-refractivity contribution in [2.75, 3.05) is 10.8 Å². The van der Waals surface area contributed by atoms with Gasteiger partial charge in [-0.1, -0.05) is 50.5 Å². The summed E-state index contributed by atoms with van der Waals surface area (Å²) in [6, 6.07) is 10.7. The van der Waals surface area contributed by atoms with Gasteiger partial charge in [0.15, 0.2) is 0 Å². The van der Waals surface area contributed by atoms with E-state index in [0.717, 1.165) is 31.1 Å². The van der Waals surface area contributed by atoms with Crippen molar-refractivity contribution < 1.29 is 13.2 Å². The van der Waals surface area contributed by atoms with Gasteiger partial charge in [0.25, 0.3) is 10.0 Å². The molecule has 1 N–H and O–H groups in total. The Morgan fingerprint density at radius 2 is 1.88 bits per heavy atom. The normalized spacial score (nSPS) is 16.2. The fraction of sp³-hybridized carbons (Fsp3) is 0.421. The summed E-state index contributed by atoms with van der Waals surface area (Å²) in [7, 11) is -3.68. The van der Waals surface area contributed by atoms with Crippen LogP contribution in [0.2, 0.25) is 0 Å². The molecule has 2 aromatic rings. The van der Waals surface area contributed by atoms with Gasteiger partial charge in [-0.15, -0.1) is 0 Å². The smallest absolute Gasteiger partial charge is 0.265 e. The van der Waals surface area contributed by atoms with Crippen LogP contribution >= 0.6 is 0 Å². The number of benzene rings is 2. The molecule has 0 aromatic heterocycles. The summed E-state index contributed by atoms with van der Waals surface area (Å²) in [5.41, 5.74) is 0.585. The summed E-state index contributed by atoms with van der Waals surface area (Å²) in [6.07, 6.45) is 4.24. The van der Waals surface area contributed by atoms with Crippen LogP contribution in [0, 0.1) is 0 Å². The summed E-state index contributed by atoms with van der Waals surface area (Å²) in [6.45, 7) is 3.91. The summed E-state index contributed by atoms with van der Waals surface area (Å²) in [5, 5.41) is 4.49. The highest BCUT2D eigenvalue weighted by Crippen LogP contribution is 2.41. The van der Waals surface area contributed by atoms with Crippen LogP contribution in [0.25, 0.3) is 10.8 Å². The summed E-state index contributed by atoms with van der Waals surface area (Å²) in [4.78, 5) is 12.7. The highest BCUT2D eigenvalue weighted by atomic mass is 32.2. The van der Waals surface area contributed by atoms with Gasteiger partial charge in [-0.3, -0.25) is 9.10 Å². The number of carbonyl (C=O) groups is 1. The first kappa shape index (κ1) is 17.7. The lowest BCUT2D eigenvalue weighted by molar-refractivity contribution is -0.120. The molecule has 134 valence electrons. The predicted octanol–water partition coefficient (Wildman–Crippen LogP) is 3.43. The number of sulfonamides is 1. The van der Waals surface area contributed by atoms with E-state index < -0.39 is 10.0 Å². The third-order valence-corrected chi connectivity index (χ3v) is 6.42. The Morgan fingerprint density at radius 1 is 1.16 bits per heavy atom. The van der Waals surface area contributed by atoms with E-state index in [2.05, 4.69) is 12.2 Å². The molecule has 1 aliphatic heterocycles. The lowest BCUT2D eigenvalue weighted by atomic mass is 10.1. The first-order valence-corrected chi connectivity index (χ1v) is 10.2. The summed E-state index contributed by atoms with van der Waals surface area (Å²) >= 11 is 0. The third-order valence-electron chi connectivity index (χ3n) is 4.62. The van der Waals surface area contributed by atoms with Crippen molar-refractivity contribution in [3.8, 4) is 0 Å². The van der Waals surface area contributed by atoms with Crippen molar-refractivity contribution in [3.63, 3.8) is 0 Å². The van der Waals surface area contributed by atoms with Gasteiger partial charge in [-0.05, 0) is 30.9 Å². The number of hydrogen-bond donors (Lipinski definition) is 1. The van der Waals surface area contributed by atoms with Crippen molar-refractivity contribution in [1.29, 1.82) is 0 Å². The standard InChI is InChI=1S/C19H24N2O3S/c1-3-4-5-8-14(2)20-18(22)13-21-16-11-6-9-15-10-7-12-17(19(15)16)25(21,23)24/h6-7,9-12,14H,3-5,8,13H2,1-2H3,(H,20,22). The first-order chi connectivity index (χ1) is 11.9. The maximum absolute atomic E-state index is 12.8. The average Bonchev–Trinajstić information content (AvgIpc) is 2.79. The first-order valence-electron chi connectivity index (χ1n) is 8.79. The second-order valence-corrected chi connectivity index (χ2v) is 8.44. The van der Waals surface area contributed by atoms with E-state index in [1.807, 2.05) is 25.1 Å². The minimum atomic E-state index is -3.68. The fourth-order valence-electron chi connectivity index (χ4n) is 3.35. The molecule has 0 spiro atoms.